The van der Waals surface area contributed by atoms with Crippen LogP contribution in [0.5, 0.6) is 0 Å². The fourth-order valence-corrected chi connectivity index (χ4v) is 5.82. The SMILES string of the molecule is Cc1nc(N2CC3CCC(C2)O3)cc(-n2ncc3cc(C)c(C4CCN(C(=O)O)CC4)cc32)n1. The van der Waals surface area contributed by atoms with Gasteiger partial charge in [0, 0.05) is 37.6 Å². The molecule has 1 amide bonds. The zero-order chi connectivity index (χ0) is 23.4. The van der Waals surface area contributed by atoms with Crippen LogP contribution in [0.3, 0.4) is 0 Å². The summed E-state index contributed by atoms with van der Waals surface area (Å²) in [6.07, 6.45) is 5.57. The van der Waals surface area contributed by atoms with Crippen molar-refractivity contribution in [3.8, 4) is 5.82 Å². The number of carboxylic acid groups (broad SMARTS) is 1. The number of ether oxygens (including phenoxy) is 1. The summed E-state index contributed by atoms with van der Waals surface area (Å²) in [5.74, 6) is 2.77. The van der Waals surface area contributed by atoms with Gasteiger partial charge in [-0.3, -0.25) is 0 Å². The minimum Gasteiger partial charge on any atom is -0.465 e. The summed E-state index contributed by atoms with van der Waals surface area (Å²) in [4.78, 5) is 24.6. The van der Waals surface area contributed by atoms with Crippen molar-refractivity contribution in [3.63, 3.8) is 0 Å². The largest absolute Gasteiger partial charge is 0.465 e. The third kappa shape index (κ3) is 3.77. The lowest BCUT2D eigenvalue weighted by atomic mass is 9.86. The molecule has 9 nitrogen and oxygen atoms in total. The fraction of sp³-hybridized carbons (Fsp3) is 0.520. The lowest BCUT2D eigenvalue weighted by Crippen LogP contribution is -2.43. The van der Waals surface area contributed by atoms with Crippen molar-refractivity contribution < 1.29 is 14.6 Å². The average Bonchev–Trinajstić information content (AvgIpc) is 3.39. The van der Waals surface area contributed by atoms with Crippen molar-refractivity contribution in [3.05, 3.63) is 41.3 Å². The van der Waals surface area contributed by atoms with E-state index in [4.69, 9.17) is 19.8 Å². The van der Waals surface area contributed by atoms with Gasteiger partial charge in [0.25, 0.3) is 0 Å². The van der Waals surface area contributed by atoms with Gasteiger partial charge in [-0.25, -0.2) is 19.4 Å². The number of benzene rings is 1. The molecule has 2 aromatic heterocycles. The molecule has 9 heteroatoms. The maximum absolute atomic E-state index is 11.3. The van der Waals surface area contributed by atoms with Crippen LogP contribution in [0.25, 0.3) is 16.7 Å². The second-order valence-electron chi connectivity index (χ2n) is 9.86. The molecular formula is C25H30N6O3. The predicted octanol–water partition coefficient (Wildman–Crippen LogP) is 3.66. The van der Waals surface area contributed by atoms with E-state index in [1.165, 1.54) is 16.0 Å². The Kier molecular flexibility index (Phi) is 5.17. The van der Waals surface area contributed by atoms with Crippen LogP contribution in [-0.4, -0.2) is 74.2 Å². The number of amides is 1. The number of aromatic nitrogens is 4. The zero-order valence-electron chi connectivity index (χ0n) is 19.6. The van der Waals surface area contributed by atoms with Crippen LogP contribution in [0.4, 0.5) is 10.6 Å². The third-order valence-electron chi connectivity index (χ3n) is 7.56. The molecule has 2 unspecified atom stereocenters. The Balaban J connectivity index is 1.34. The number of piperidine rings is 1. The first-order valence-electron chi connectivity index (χ1n) is 12.2. The topological polar surface area (TPSA) is 96.6 Å². The number of nitrogens with zero attached hydrogens (tertiary/aromatic N) is 6. The van der Waals surface area contributed by atoms with Gasteiger partial charge in [0.2, 0.25) is 0 Å². The van der Waals surface area contributed by atoms with E-state index < -0.39 is 6.09 Å². The molecule has 3 aliphatic rings. The Morgan fingerprint density at radius 2 is 1.71 bits per heavy atom. The molecule has 0 aliphatic carbocycles. The Morgan fingerprint density at radius 3 is 2.41 bits per heavy atom. The van der Waals surface area contributed by atoms with Crippen LogP contribution in [0.1, 0.15) is 48.6 Å². The molecule has 3 aliphatic heterocycles. The summed E-state index contributed by atoms with van der Waals surface area (Å²) in [5.41, 5.74) is 3.52. The number of likely N-dealkylation sites (tertiary alicyclic amines) is 1. The van der Waals surface area contributed by atoms with E-state index in [9.17, 15) is 9.90 Å². The van der Waals surface area contributed by atoms with E-state index >= 15 is 0 Å². The number of rotatable bonds is 3. The van der Waals surface area contributed by atoms with Crippen LogP contribution >= 0.6 is 0 Å². The van der Waals surface area contributed by atoms with Gasteiger partial charge in [0.15, 0.2) is 5.82 Å². The van der Waals surface area contributed by atoms with Gasteiger partial charge in [-0.15, -0.1) is 0 Å². The maximum Gasteiger partial charge on any atom is 0.407 e. The predicted molar refractivity (Wildman–Crippen MR) is 128 cm³/mol. The number of anilines is 1. The summed E-state index contributed by atoms with van der Waals surface area (Å²) in [6, 6.07) is 6.45. The molecule has 1 N–H and O–H groups in total. The molecule has 34 heavy (non-hydrogen) atoms. The summed E-state index contributed by atoms with van der Waals surface area (Å²) in [5, 5.41) is 15.1. The van der Waals surface area contributed by atoms with Crippen molar-refractivity contribution in [1.29, 1.82) is 0 Å². The van der Waals surface area contributed by atoms with Crippen molar-refractivity contribution in [2.24, 2.45) is 0 Å². The highest BCUT2D eigenvalue weighted by atomic mass is 16.5. The molecule has 3 aromatic rings. The lowest BCUT2D eigenvalue weighted by molar-refractivity contribution is 0.0302. The number of aryl methyl sites for hydroxylation is 2. The molecule has 1 aromatic carbocycles. The first kappa shape index (κ1) is 21.3. The second-order valence-corrected chi connectivity index (χ2v) is 9.86. The standard InChI is InChI=1S/C25H30N6O3/c1-15-9-18-12-26-31(22(18)10-21(15)17-5-7-29(8-6-17)25(32)33)24-11-23(27-16(2)28-24)30-13-19-3-4-20(14-30)34-19/h9-12,17,19-20H,3-8,13-14H2,1-2H3,(H,32,33). The molecule has 3 fully saturated rings. The van der Waals surface area contributed by atoms with E-state index in [1.54, 1.807) is 0 Å². The number of carbonyl (C=O) groups is 1. The van der Waals surface area contributed by atoms with Crippen LogP contribution in [0.15, 0.2) is 24.4 Å². The van der Waals surface area contributed by atoms with Gasteiger partial charge < -0.3 is 19.6 Å². The first-order chi connectivity index (χ1) is 16.4. The lowest BCUT2D eigenvalue weighted by Gasteiger charge is -2.33. The van der Waals surface area contributed by atoms with Crippen molar-refractivity contribution in [2.45, 2.75) is 57.7 Å². The second kappa shape index (κ2) is 8.23. The third-order valence-corrected chi connectivity index (χ3v) is 7.56. The van der Waals surface area contributed by atoms with Gasteiger partial charge in [-0.2, -0.15) is 5.10 Å². The molecule has 5 heterocycles. The Hall–Kier alpha value is -3.20. The molecule has 0 spiro atoms. The summed E-state index contributed by atoms with van der Waals surface area (Å²) >= 11 is 0. The van der Waals surface area contributed by atoms with E-state index in [-0.39, 0.29) is 0 Å². The first-order valence-corrected chi connectivity index (χ1v) is 12.2. The number of morpholine rings is 1. The molecule has 178 valence electrons. The van der Waals surface area contributed by atoms with Crippen LogP contribution in [0.2, 0.25) is 0 Å². The minimum atomic E-state index is -0.827. The molecule has 0 saturated carbocycles. The summed E-state index contributed by atoms with van der Waals surface area (Å²) < 4.78 is 7.92. The number of fused-ring (bicyclic) bond motifs is 3. The Bertz CT molecular complexity index is 1240. The van der Waals surface area contributed by atoms with Crippen molar-refractivity contribution in [1.82, 2.24) is 24.6 Å². The van der Waals surface area contributed by atoms with Gasteiger partial charge in [-0.1, -0.05) is 0 Å². The van der Waals surface area contributed by atoms with Crippen molar-refractivity contribution >= 4 is 22.8 Å². The highest BCUT2D eigenvalue weighted by Gasteiger charge is 2.34. The highest BCUT2D eigenvalue weighted by Crippen LogP contribution is 2.34. The Labute approximate surface area is 198 Å². The normalized spacial score (nSPS) is 23.1. The molecular weight excluding hydrogens is 432 g/mol. The average molecular weight is 463 g/mol. The fourth-order valence-electron chi connectivity index (χ4n) is 5.82. The van der Waals surface area contributed by atoms with Gasteiger partial charge in [0.1, 0.15) is 11.6 Å². The Morgan fingerprint density at radius 1 is 1.00 bits per heavy atom. The maximum atomic E-state index is 11.3. The van der Waals surface area contributed by atoms with E-state index in [2.05, 4.69) is 24.0 Å². The minimum absolute atomic E-state index is 0.293. The molecule has 6 rings (SSSR count). The summed E-state index contributed by atoms with van der Waals surface area (Å²) in [7, 11) is 0. The molecule has 3 saturated heterocycles. The number of hydrogen-bond donors (Lipinski definition) is 1. The molecule has 2 atom stereocenters. The quantitative estimate of drug-likeness (QED) is 0.634. The van der Waals surface area contributed by atoms with Crippen LogP contribution in [0, 0.1) is 13.8 Å². The smallest absolute Gasteiger partial charge is 0.407 e. The molecule has 2 bridgehead atoms. The van der Waals surface area contributed by atoms with Crippen molar-refractivity contribution in [2.75, 3.05) is 31.1 Å². The molecule has 0 radical (unpaired) electrons. The van der Waals surface area contributed by atoms with E-state index in [0.29, 0.717) is 31.2 Å². The zero-order valence-corrected chi connectivity index (χ0v) is 19.6. The highest BCUT2D eigenvalue weighted by molar-refractivity contribution is 5.82. The van der Waals surface area contributed by atoms with Crippen LogP contribution < -0.4 is 4.90 Å². The monoisotopic (exact) mass is 462 g/mol. The van der Waals surface area contributed by atoms with Gasteiger partial charge in [-0.05, 0) is 68.7 Å². The summed E-state index contributed by atoms with van der Waals surface area (Å²) in [6.45, 7) is 6.95. The number of hydrogen-bond acceptors (Lipinski definition) is 6. The van der Waals surface area contributed by atoms with E-state index in [1.807, 2.05) is 23.9 Å². The van der Waals surface area contributed by atoms with E-state index in [0.717, 1.165) is 67.1 Å². The van der Waals surface area contributed by atoms with Crippen LogP contribution in [-0.2, 0) is 4.74 Å². The van der Waals surface area contributed by atoms with Gasteiger partial charge in [0.05, 0.1) is 23.9 Å². The van der Waals surface area contributed by atoms with Gasteiger partial charge >= 0.3 is 6.09 Å².